The molecule has 0 unspecified atom stereocenters. The lowest BCUT2D eigenvalue weighted by Crippen LogP contribution is -2.45. The van der Waals surface area contributed by atoms with E-state index in [4.69, 9.17) is 5.73 Å². The van der Waals surface area contributed by atoms with Crippen molar-refractivity contribution in [3.63, 3.8) is 0 Å². The molecule has 0 aromatic carbocycles. The Bertz CT molecular complexity index is 426. The molecule has 6 nitrogen and oxygen atoms in total. The van der Waals surface area contributed by atoms with Crippen molar-refractivity contribution >= 4 is 5.91 Å². The second-order valence-corrected chi connectivity index (χ2v) is 5.26. The fourth-order valence-corrected chi connectivity index (χ4v) is 2.35. The zero-order chi connectivity index (χ0) is 13.9. The Hall–Kier alpha value is -1.43. The lowest BCUT2D eigenvalue weighted by molar-refractivity contribution is -0.131. The van der Waals surface area contributed by atoms with Crippen molar-refractivity contribution in [3.8, 4) is 0 Å². The van der Waals surface area contributed by atoms with Gasteiger partial charge >= 0.3 is 0 Å². The third-order valence-corrected chi connectivity index (χ3v) is 4.22. The second kappa shape index (κ2) is 5.69. The fourth-order valence-electron chi connectivity index (χ4n) is 2.35. The van der Waals surface area contributed by atoms with Gasteiger partial charge < -0.3 is 15.6 Å². The van der Waals surface area contributed by atoms with Crippen molar-refractivity contribution in [3.05, 3.63) is 12.2 Å². The molecule has 1 aliphatic carbocycles. The zero-order valence-corrected chi connectivity index (χ0v) is 11.7. The van der Waals surface area contributed by atoms with Crippen molar-refractivity contribution in [1.82, 2.24) is 20.1 Å². The lowest BCUT2D eigenvalue weighted by Gasteiger charge is -2.28. The minimum atomic E-state index is -0.454. The van der Waals surface area contributed by atoms with Crippen LogP contribution in [0.3, 0.4) is 0 Å². The smallest absolute Gasteiger partial charge is 0.227 e. The van der Waals surface area contributed by atoms with Crippen LogP contribution in [0.5, 0.6) is 0 Å². The van der Waals surface area contributed by atoms with Gasteiger partial charge in [-0.2, -0.15) is 0 Å². The maximum absolute atomic E-state index is 12.3. The van der Waals surface area contributed by atoms with Gasteiger partial charge in [0.25, 0.3) is 0 Å². The Morgan fingerprint density at radius 3 is 2.74 bits per heavy atom. The highest BCUT2D eigenvalue weighted by atomic mass is 16.2. The quantitative estimate of drug-likeness (QED) is 0.770. The Balaban J connectivity index is 1.97. The molecule has 1 amide bonds. The lowest BCUT2D eigenvalue weighted by atomic mass is 9.81. The van der Waals surface area contributed by atoms with Gasteiger partial charge in [0.15, 0.2) is 5.82 Å². The van der Waals surface area contributed by atoms with Crippen molar-refractivity contribution in [2.45, 2.75) is 52.1 Å². The summed E-state index contributed by atoms with van der Waals surface area (Å²) in [5.41, 5.74) is 5.32. The van der Waals surface area contributed by atoms with Crippen LogP contribution in [-0.2, 0) is 11.3 Å². The first-order valence-electron chi connectivity index (χ1n) is 7.03. The van der Waals surface area contributed by atoms with E-state index < -0.39 is 5.41 Å². The summed E-state index contributed by atoms with van der Waals surface area (Å²) >= 11 is 0. The standard InChI is InChI=1S/C13H23N5O/c1-3-13(4-2,8-14)12(19)15-7-11-17-16-9-18(11)10-5-6-10/h9-10H,3-8,14H2,1-2H3,(H,15,19). The van der Waals surface area contributed by atoms with E-state index in [-0.39, 0.29) is 5.91 Å². The van der Waals surface area contributed by atoms with Crippen molar-refractivity contribution in [1.29, 1.82) is 0 Å². The van der Waals surface area contributed by atoms with E-state index in [1.54, 1.807) is 6.33 Å². The van der Waals surface area contributed by atoms with Crippen LogP contribution >= 0.6 is 0 Å². The molecule has 0 radical (unpaired) electrons. The van der Waals surface area contributed by atoms with Crippen LogP contribution in [0, 0.1) is 5.41 Å². The first kappa shape index (κ1) is 14.0. The average Bonchev–Trinajstić information content (AvgIpc) is 3.18. The SMILES string of the molecule is CCC(CC)(CN)C(=O)NCc1nncn1C1CC1. The van der Waals surface area contributed by atoms with Gasteiger partial charge in [-0.25, -0.2) is 0 Å². The van der Waals surface area contributed by atoms with Gasteiger partial charge in [0, 0.05) is 12.6 Å². The molecule has 106 valence electrons. The predicted molar refractivity (Wildman–Crippen MR) is 72.2 cm³/mol. The maximum atomic E-state index is 12.3. The van der Waals surface area contributed by atoms with Crippen LogP contribution in [0.15, 0.2) is 6.33 Å². The minimum Gasteiger partial charge on any atom is -0.348 e. The molecular formula is C13H23N5O. The third-order valence-electron chi connectivity index (χ3n) is 4.22. The van der Waals surface area contributed by atoms with Gasteiger partial charge in [-0.3, -0.25) is 4.79 Å². The van der Waals surface area contributed by atoms with E-state index in [2.05, 4.69) is 20.1 Å². The molecule has 0 aliphatic heterocycles. The number of aromatic nitrogens is 3. The van der Waals surface area contributed by atoms with Gasteiger partial charge in [-0.05, 0) is 25.7 Å². The number of rotatable bonds is 7. The van der Waals surface area contributed by atoms with E-state index in [0.29, 0.717) is 19.1 Å². The molecule has 1 fully saturated rings. The monoisotopic (exact) mass is 265 g/mol. The Morgan fingerprint density at radius 1 is 1.53 bits per heavy atom. The van der Waals surface area contributed by atoms with E-state index in [1.165, 1.54) is 12.8 Å². The van der Waals surface area contributed by atoms with Crippen LogP contribution in [-0.4, -0.2) is 27.2 Å². The summed E-state index contributed by atoms with van der Waals surface area (Å²) in [6, 6.07) is 0.526. The second-order valence-electron chi connectivity index (χ2n) is 5.26. The summed E-state index contributed by atoms with van der Waals surface area (Å²) in [6.07, 6.45) is 5.60. The molecule has 2 rings (SSSR count). The maximum Gasteiger partial charge on any atom is 0.227 e. The summed E-state index contributed by atoms with van der Waals surface area (Å²) in [6.45, 7) is 4.81. The van der Waals surface area contributed by atoms with Gasteiger partial charge in [0.2, 0.25) is 5.91 Å². The molecule has 3 N–H and O–H groups in total. The molecule has 1 aromatic rings. The van der Waals surface area contributed by atoms with Crippen LogP contribution in [0.25, 0.3) is 0 Å². The fraction of sp³-hybridized carbons (Fsp3) is 0.769. The van der Waals surface area contributed by atoms with Gasteiger partial charge in [0.05, 0.1) is 12.0 Å². The Kier molecular flexibility index (Phi) is 4.19. The van der Waals surface area contributed by atoms with E-state index in [1.807, 2.05) is 13.8 Å². The van der Waals surface area contributed by atoms with E-state index >= 15 is 0 Å². The molecule has 6 heteroatoms. The predicted octanol–water partition coefficient (Wildman–Crippen LogP) is 0.994. The number of nitrogens with one attached hydrogen (secondary N) is 1. The molecular weight excluding hydrogens is 242 g/mol. The number of nitrogens with zero attached hydrogens (tertiary/aromatic N) is 3. The van der Waals surface area contributed by atoms with Gasteiger partial charge in [0.1, 0.15) is 6.33 Å². The molecule has 1 heterocycles. The minimum absolute atomic E-state index is 0.0188. The molecule has 0 spiro atoms. The van der Waals surface area contributed by atoms with Crippen LogP contribution in [0.4, 0.5) is 0 Å². The summed E-state index contributed by atoms with van der Waals surface area (Å²) < 4.78 is 2.06. The number of carbonyl (C=O) groups is 1. The van der Waals surface area contributed by atoms with Gasteiger partial charge in [-0.15, -0.1) is 10.2 Å². The zero-order valence-electron chi connectivity index (χ0n) is 11.7. The summed E-state index contributed by atoms with van der Waals surface area (Å²) in [7, 11) is 0. The summed E-state index contributed by atoms with van der Waals surface area (Å²) in [5.74, 6) is 0.847. The number of hydrogen-bond acceptors (Lipinski definition) is 4. The molecule has 1 aromatic heterocycles. The van der Waals surface area contributed by atoms with E-state index in [9.17, 15) is 4.79 Å². The van der Waals surface area contributed by atoms with E-state index in [0.717, 1.165) is 18.7 Å². The Morgan fingerprint density at radius 2 is 2.21 bits per heavy atom. The van der Waals surface area contributed by atoms with Crippen molar-refractivity contribution in [2.24, 2.45) is 11.1 Å². The summed E-state index contributed by atoms with van der Waals surface area (Å²) in [4.78, 5) is 12.3. The average molecular weight is 265 g/mol. The topological polar surface area (TPSA) is 85.8 Å². The third kappa shape index (κ3) is 2.78. The highest BCUT2D eigenvalue weighted by molar-refractivity contribution is 5.82. The first-order valence-corrected chi connectivity index (χ1v) is 7.03. The highest BCUT2D eigenvalue weighted by Gasteiger charge is 2.33. The molecule has 0 bridgehead atoms. The van der Waals surface area contributed by atoms with Crippen LogP contribution < -0.4 is 11.1 Å². The molecule has 0 atom stereocenters. The Labute approximate surface area is 113 Å². The molecule has 1 saturated carbocycles. The van der Waals surface area contributed by atoms with Crippen LogP contribution in [0.2, 0.25) is 0 Å². The molecule has 0 saturated heterocycles. The normalized spacial score (nSPS) is 15.5. The number of amides is 1. The first-order chi connectivity index (χ1) is 9.16. The number of hydrogen-bond donors (Lipinski definition) is 2. The molecule has 1 aliphatic rings. The molecule has 19 heavy (non-hydrogen) atoms. The van der Waals surface area contributed by atoms with Crippen LogP contribution in [0.1, 0.15) is 51.4 Å². The number of nitrogens with two attached hydrogens (primary N) is 1. The summed E-state index contributed by atoms with van der Waals surface area (Å²) in [5, 5.41) is 11.0. The van der Waals surface area contributed by atoms with Gasteiger partial charge in [-0.1, -0.05) is 13.8 Å². The van der Waals surface area contributed by atoms with Crippen molar-refractivity contribution in [2.75, 3.05) is 6.54 Å². The van der Waals surface area contributed by atoms with Crippen molar-refractivity contribution < 1.29 is 4.79 Å². The largest absolute Gasteiger partial charge is 0.348 e. The number of carbonyl (C=O) groups excluding carboxylic acids is 1. The highest BCUT2D eigenvalue weighted by Crippen LogP contribution is 2.35.